The topological polar surface area (TPSA) is 87.5 Å². The lowest BCUT2D eigenvalue weighted by Gasteiger charge is -2.18. The molecule has 6 nitrogen and oxygen atoms in total. The van der Waals surface area contributed by atoms with Crippen LogP contribution in [0, 0.1) is 11.3 Å². The average molecular weight is 332 g/mol. The van der Waals surface area contributed by atoms with E-state index in [2.05, 4.69) is 0 Å². The highest BCUT2D eigenvalue weighted by Gasteiger charge is 2.55. The lowest BCUT2D eigenvalue weighted by Crippen LogP contribution is -2.37. The molecule has 2 aliphatic rings. The SMILES string of the molecule is N#Cc1ccc(C2(C(=O)ON3C(=O)c4ccccc4C3=O)CC2)cc1. The number of amides is 2. The molecule has 1 aliphatic heterocycles. The minimum absolute atomic E-state index is 0.225. The van der Waals surface area contributed by atoms with E-state index in [1.807, 2.05) is 6.07 Å². The van der Waals surface area contributed by atoms with Crippen LogP contribution in [0.3, 0.4) is 0 Å². The molecule has 0 aromatic heterocycles. The van der Waals surface area contributed by atoms with Gasteiger partial charge in [0.15, 0.2) is 0 Å². The Bertz CT molecular complexity index is 917. The Labute approximate surface area is 143 Å². The summed E-state index contributed by atoms with van der Waals surface area (Å²) in [6.07, 6.45) is 1.14. The van der Waals surface area contributed by atoms with Gasteiger partial charge < -0.3 is 4.84 Å². The minimum Gasteiger partial charge on any atom is -0.329 e. The number of carbonyl (C=O) groups excluding carboxylic acids is 3. The molecule has 0 bridgehead atoms. The van der Waals surface area contributed by atoms with Crippen molar-refractivity contribution >= 4 is 17.8 Å². The van der Waals surface area contributed by atoms with Crippen LogP contribution in [0.5, 0.6) is 0 Å². The van der Waals surface area contributed by atoms with Crippen molar-refractivity contribution < 1.29 is 19.2 Å². The molecule has 2 amide bonds. The summed E-state index contributed by atoms with van der Waals surface area (Å²) in [6, 6.07) is 15.0. The summed E-state index contributed by atoms with van der Waals surface area (Å²) in [7, 11) is 0. The molecule has 1 aliphatic carbocycles. The molecule has 0 radical (unpaired) electrons. The van der Waals surface area contributed by atoms with Gasteiger partial charge in [-0.1, -0.05) is 29.3 Å². The maximum Gasteiger partial charge on any atom is 0.343 e. The van der Waals surface area contributed by atoms with Crippen molar-refractivity contribution in [1.29, 1.82) is 5.26 Å². The van der Waals surface area contributed by atoms with E-state index in [1.54, 1.807) is 36.4 Å². The number of imide groups is 1. The van der Waals surface area contributed by atoms with Crippen molar-refractivity contribution in [3.8, 4) is 6.07 Å². The Hall–Kier alpha value is -3.46. The summed E-state index contributed by atoms with van der Waals surface area (Å²) < 4.78 is 0. The number of benzene rings is 2. The third-order valence-corrected chi connectivity index (χ3v) is 4.64. The quantitative estimate of drug-likeness (QED) is 0.805. The van der Waals surface area contributed by atoms with Crippen molar-refractivity contribution in [2.24, 2.45) is 0 Å². The largest absolute Gasteiger partial charge is 0.343 e. The zero-order valence-electron chi connectivity index (χ0n) is 13.1. The summed E-state index contributed by atoms with van der Waals surface area (Å²) in [4.78, 5) is 42.4. The Morgan fingerprint density at radius 2 is 1.56 bits per heavy atom. The van der Waals surface area contributed by atoms with Gasteiger partial charge in [0.1, 0.15) is 0 Å². The van der Waals surface area contributed by atoms with Crippen LogP contribution in [0.4, 0.5) is 0 Å². The summed E-state index contributed by atoms with van der Waals surface area (Å²) in [5, 5.41) is 9.41. The van der Waals surface area contributed by atoms with E-state index < -0.39 is 23.2 Å². The van der Waals surface area contributed by atoms with Crippen LogP contribution in [-0.4, -0.2) is 22.8 Å². The molecule has 6 heteroatoms. The van der Waals surface area contributed by atoms with Crippen LogP contribution in [-0.2, 0) is 15.0 Å². The third-order valence-electron chi connectivity index (χ3n) is 4.64. The lowest BCUT2D eigenvalue weighted by atomic mass is 9.95. The van der Waals surface area contributed by atoms with Crippen molar-refractivity contribution in [3.05, 3.63) is 70.8 Å². The van der Waals surface area contributed by atoms with Gasteiger partial charge in [-0.15, -0.1) is 0 Å². The second-order valence-electron chi connectivity index (χ2n) is 6.10. The van der Waals surface area contributed by atoms with E-state index in [9.17, 15) is 14.4 Å². The molecule has 122 valence electrons. The molecule has 1 heterocycles. The van der Waals surface area contributed by atoms with Crippen LogP contribution in [0.25, 0.3) is 0 Å². The third kappa shape index (κ3) is 2.21. The van der Waals surface area contributed by atoms with E-state index in [-0.39, 0.29) is 11.1 Å². The number of hydrogen-bond donors (Lipinski definition) is 0. The summed E-state index contributed by atoms with van der Waals surface area (Å²) in [5.41, 5.74) is 0.803. The predicted octanol–water partition coefficient (Wildman–Crippen LogP) is 2.34. The zero-order valence-corrected chi connectivity index (χ0v) is 13.1. The first-order valence-corrected chi connectivity index (χ1v) is 7.78. The monoisotopic (exact) mass is 332 g/mol. The highest BCUT2D eigenvalue weighted by Crippen LogP contribution is 2.49. The van der Waals surface area contributed by atoms with E-state index >= 15 is 0 Å². The lowest BCUT2D eigenvalue weighted by molar-refractivity contribution is -0.171. The molecule has 25 heavy (non-hydrogen) atoms. The molecule has 1 saturated carbocycles. The zero-order chi connectivity index (χ0) is 17.6. The number of carbonyl (C=O) groups is 3. The average Bonchev–Trinajstić information content (AvgIpc) is 3.43. The number of hydroxylamine groups is 2. The van der Waals surface area contributed by atoms with Crippen LogP contribution in [0.1, 0.15) is 44.7 Å². The van der Waals surface area contributed by atoms with Crippen molar-refractivity contribution in [2.75, 3.05) is 0 Å². The number of nitrogens with zero attached hydrogens (tertiary/aromatic N) is 2. The molecule has 2 aromatic carbocycles. The number of rotatable bonds is 3. The molecule has 0 unspecified atom stereocenters. The van der Waals surface area contributed by atoms with Gasteiger partial charge in [0.25, 0.3) is 11.8 Å². The normalized spacial score (nSPS) is 17.0. The van der Waals surface area contributed by atoms with Gasteiger partial charge in [-0.3, -0.25) is 9.59 Å². The Kier molecular flexibility index (Phi) is 3.19. The molecule has 0 saturated heterocycles. The number of hydrogen-bond acceptors (Lipinski definition) is 5. The second kappa shape index (κ2) is 5.28. The second-order valence-corrected chi connectivity index (χ2v) is 6.10. The maximum absolute atomic E-state index is 12.6. The fourth-order valence-corrected chi connectivity index (χ4v) is 3.02. The van der Waals surface area contributed by atoms with Gasteiger partial charge in [-0.05, 0) is 42.7 Å². The first-order valence-electron chi connectivity index (χ1n) is 7.78. The standard InChI is InChI=1S/C19H12N2O4/c20-11-12-5-7-13(8-6-12)19(9-10-19)18(24)25-21-16(22)14-3-1-2-4-15(14)17(21)23/h1-8H,9-10H2. The van der Waals surface area contributed by atoms with Gasteiger partial charge >= 0.3 is 5.97 Å². The number of fused-ring (bicyclic) bond motifs is 1. The van der Waals surface area contributed by atoms with E-state index in [1.165, 1.54) is 12.1 Å². The number of nitriles is 1. The first kappa shape index (κ1) is 15.1. The molecule has 2 aromatic rings. The van der Waals surface area contributed by atoms with E-state index in [4.69, 9.17) is 10.1 Å². The fraction of sp³-hybridized carbons (Fsp3) is 0.158. The first-order chi connectivity index (χ1) is 12.1. The van der Waals surface area contributed by atoms with Gasteiger partial charge in [0.2, 0.25) is 0 Å². The molecule has 0 atom stereocenters. The summed E-state index contributed by atoms with van der Waals surface area (Å²) in [5.74, 6) is -1.90. The highest BCUT2D eigenvalue weighted by atomic mass is 16.7. The molecule has 1 fully saturated rings. The van der Waals surface area contributed by atoms with E-state index in [0.717, 1.165) is 0 Å². The fourth-order valence-electron chi connectivity index (χ4n) is 3.02. The van der Waals surface area contributed by atoms with Gasteiger partial charge in [-0.2, -0.15) is 5.26 Å². The Morgan fingerprint density at radius 3 is 2.04 bits per heavy atom. The van der Waals surface area contributed by atoms with Gasteiger partial charge in [0.05, 0.1) is 28.2 Å². The highest BCUT2D eigenvalue weighted by molar-refractivity contribution is 6.21. The van der Waals surface area contributed by atoms with Crippen LogP contribution < -0.4 is 0 Å². The molecular formula is C19H12N2O4. The maximum atomic E-state index is 12.6. The van der Waals surface area contributed by atoms with Gasteiger partial charge in [-0.25, -0.2) is 4.79 Å². The van der Waals surface area contributed by atoms with Gasteiger partial charge in [0, 0.05) is 0 Å². The van der Waals surface area contributed by atoms with Crippen molar-refractivity contribution in [3.63, 3.8) is 0 Å². The molecular weight excluding hydrogens is 320 g/mol. The smallest absolute Gasteiger partial charge is 0.329 e. The van der Waals surface area contributed by atoms with Crippen LogP contribution in [0.15, 0.2) is 48.5 Å². The molecule has 4 rings (SSSR count). The predicted molar refractivity (Wildman–Crippen MR) is 85.1 cm³/mol. The van der Waals surface area contributed by atoms with Crippen LogP contribution >= 0.6 is 0 Å². The van der Waals surface area contributed by atoms with E-state index in [0.29, 0.717) is 29.0 Å². The molecule has 0 N–H and O–H groups in total. The Balaban J connectivity index is 1.58. The summed E-state index contributed by atoms with van der Waals surface area (Å²) in [6.45, 7) is 0. The Morgan fingerprint density at radius 1 is 1.00 bits per heavy atom. The van der Waals surface area contributed by atoms with Crippen molar-refractivity contribution in [1.82, 2.24) is 5.06 Å². The minimum atomic E-state index is -0.858. The molecule has 0 spiro atoms. The van der Waals surface area contributed by atoms with Crippen LogP contribution in [0.2, 0.25) is 0 Å². The summed E-state index contributed by atoms with van der Waals surface area (Å²) >= 11 is 0. The van der Waals surface area contributed by atoms with Crippen molar-refractivity contribution in [2.45, 2.75) is 18.3 Å².